The van der Waals surface area contributed by atoms with Gasteiger partial charge in [0.15, 0.2) is 23.1 Å². The van der Waals surface area contributed by atoms with Gasteiger partial charge in [0.1, 0.15) is 11.1 Å². The van der Waals surface area contributed by atoms with Crippen LogP contribution < -0.4 is 15.4 Å². The number of halogens is 3. The summed E-state index contributed by atoms with van der Waals surface area (Å²) >= 11 is 5.07. The summed E-state index contributed by atoms with van der Waals surface area (Å²) in [5.74, 6) is -0.318. The molecule has 0 fully saturated rings. The number of anilines is 1. The van der Waals surface area contributed by atoms with E-state index in [0.29, 0.717) is 0 Å². The molecule has 0 radical (unpaired) electrons. The molecule has 0 aliphatic rings. The maximum atomic E-state index is 12.4. The molecule has 0 atom stereocenters. The molecule has 2 N–H and O–H groups in total. The fourth-order valence-electron chi connectivity index (χ4n) is 1.99. The van der Waals surface area contributed by atoms with Crippen LogP contribution in [-0.4, -0.2) is 42.2 Å². The number of benzene rings is 1. The van der Waals surface area contributed by atoms with Crippen molar-refractivity contribution in [1.29, 1.82) is 0 Å². The molecule has 1 aromatic carbocycles. The first-order chi connectivity index (χ1) is 12.3. The first-order valence-electron chi connectivity index (χ1n) is 7.58. The highest BCUT2D eigenvalue weighted by molar-refractivity contribution is 7.80. The highest BCUT2D eigenvalue weighted by atomic mass is 32.1. The SMILES string of the molecule is CCOC(=O)CCNC(=S)Nc1noc2cccc(OCC(F)(F)F)c12. The van der Waals surface area contributed by atoms with Crippen LogP contribution in [0, 0.1) is 0 Å². The maximum absolute atomic E-state index is 12.4. The quantitative estimate of drug-likeness (QED) is 0.550. The second-order valence-electron chi connectivity index (χ2n) is 5.00. The van der Waals surface area contributed by atoms with Crippen LogP contribution >= 0.6 is 12.2 Å². The number of hydrogen-bond donors (Lipinski definition) is 2. The summed E-state index contributed by atoms with van der Waals surface area (Å²) in [5.41, 5.74) is 0.237. The smallest absolute Gasteiger partial charge is 0.422 e. The van der Waals surface area contributed by atoms with Crippen molar-refractivity contribution < 1.29 is 32.0 Å². The second-order valence-corrected chi connectivity index (χ2v) is 5.41. The average Bonchev–Trinajstić information content (AvgIpc) is 2.96. The van der Waals surface area contributed by atoms with E-state index in [2.05, 4.69) is 15.8 Å². The normalized spacial score (nSPS) is 11.2. The molecule has 7 nitrogen and oxygen atoms in total. The Morgan fingerprint density at radius 3 is 2.85 bits per heavy atom. The number of esters is 1. The third-order valence-corrected chi connectivity index (χ3v) is 3.25. The van der Waals surface area contributed by atoms with Gasteiger partial charge in [-0.25, -0.2) is 0 Å². The lowest BCUT2D eigenvalue weighted by atomic mass is 10.2. The van der Waals surface area contributed by atoms with Gasteiger partial charge in [0.2, 0.25) is 0 Å². The summed E-state index contributed by atoms with van der Waals surface area (Å²) in [5, 5.41) is 9.57. The summed E-state index contributed by atoms with van der Waals surface area (Å²) in [6.07, 6.45) is -4.37. The van der Waals surface area contributed by atoms with Crippen molar-refractivity contribution in [1.82, 2.24) is 10.5 Å². The van der Waals surface area contributed by atoms with Crippen molar-refractivity contribution >= 4 is 40.1 Å². The lowest BCUT2D eigenvalue weighted by Gasteiger charge is -2.11. The van der Waals surface area contributed by atoms with E-state index in [1.807, 2.05) is 0 Å². The number of fused-ring (bicyclic) bond motifs is 1. The molecule has 0 saturated heterocycles. The number of thiocarbonyl (C=S) groups is 1. The van der Waals surface area contributed by atoms with E-state index in [0.717, 1.165) is 0 Å². The summed E-state index contributed by atoms with van der Waals surface area (Å²) in [6, 6.07) is 4.39. The zero-order valence-corrected chi connectivity index (χ0v) is 14.5. The Morgan fingerprint density at radius 1 is 1.38 bits per heavy atom. The number of ether oxygens (including phenoxy) is 2. The third kappa shape index (κ3) is 5.76. The van der Waals surface area contributed by atoms with Crippen LogP contribution in [-0.2, 0) is 9.53 Å². The standard InChI is InChI=1S/C15H16F3N3O4S/c1-2-23-11(22)6-7-19-14(26)20-13-12-9(24-8-15(16,17)18)4-3-5-10(12)25-21-13/h3-5H,2,6-8H2,1H3,(H2,19,20,21,26). The number of alkyl halides is 3. The zero-order chi connectivity index (χ0) is 19.2. The molecule has 142 valence electrons. The lowest BCUT2D eigenvalue weighted by molar-refractivity contribution is -0.153. The monoisotopic (exact) mass is 391 g/mol. The highest BCUT2D eigenvalue weighted by Gasteiger charge is 2.29. The number of carbonyl (C=O) groups excluding carboxylic acids is 1. The first kappa shape index (κ1) is 19.8. The fraction of sp³-hybridized carbons (Fsp3) is 0.400. The number of aromatic nitrogens is 1. The summed E-state index contributed by atoms with van der Waals surface area (Å²) in [7, 11) is 0. The minimum Gasteiger partial charge on any atom is -0.483 e. The molecule has 11 heteroatoms. The number of nitrogens with zero attached hydrogens (tertiary/aromatic N) is 1. The number of hydrogen-bond acceptors (Lipinski definition) is 6. The molecule has 0 saturated carbocycles. The Morgan fingerprint density at radius 2 is 2.15 bits per heavy atom. The van der Waals surface area contributed by atoms with Gasteiger partial charge in [0, 0.05) is 6.54 Å². The van der Waals surface area contributed by atoms with E-state index in [1.54, 1.807) is 6.92 Å². The van der Waals surface area contributed by atoms with Crippen molar-refractivity contribution in [3.8, 4) is 5.75 Å². The molecule has 0 spiro atoms. The molecule has 0 amide bonds. The largest absolute Gasteiger partial charge is 0.483 e. The van der Waals surface area contributed by atoms with Gasteiger partial charge in [-0.1, -0.05) is 11.2 Å². The summed E-state index contributed by atoms with van der Waals surface area (Å²) in [4.78, 5) is 11.3. The Kier molecular flexibility index (Phi) is 6.61. The van der Waals surface area contributed by atoms with E-state index in [-0.39, 0.29) is 53.2 Å². The molecule has 1 heterocycles. The van der Waals surface area contributed by atoms with E-state index in [9.17, 15) is 18.0 Å². The van der Waals surface area contributed by atoms with Crippen molar-refractivity contribution in [2.75, 3.05) is 25.1 Å². The van der Waals surface area contributed by atoms with E-state index < -0.39 is 12.8 Å². The predicted molar refractivity (Wildman–Crippen MR) is 91.0 cm³/mol. The van der Waals surface area contributed by atoms with E-state index >= 15 is 0 Å². The van der Waals surface area contributed by atoms with Gasteiger partial charge < -0.3 is 24.6 Å². The van der Waals surface area contributed by atoms with Crippen LogP contribution in [0.15, 0.2) is 22.7 Å². The van der Waals surface area contributed by atoms with E-state index in [1.165, 1.54) is 18.2 Å². The van der Waals surface area contributed by atoms with Crippen molar-refractivity contribution in [2.45, 2.75) is 19.5 Å². The van der Waals surface area contributed by atoms with Crippen molar-refractivity contribution in [2.24, 2.45) is 0 Å². The molecule has 0 aliphatic carbocycles. The fourth-order valence-corrected chi connectivity index (χ4v) is 2.19. The number of rotatable bonds is 7. The van der Waals surface area contributed by atoms with Crippen molar-refractivity contribution in [3.05, 3.63) is 18.2 Å². The first-order valence-corrected chi connectivity index (χ1v) is 7.99. The molecular weight excluding hydrogens is 375 g/mol. The van der Waals surface area contributed by atoms with Gasteiger partial charge in [0.05, 0.1) is 13.0 Å². The van der Waals surface area contributed by atoms with Gasteiger partial charge in [-0.15, -0.1) is 0 Å². The van der Waals surface area contributed by atoms with Crippen LogP contribution in [0.2, 0.25) is 0 Å². The molecular formula is C15H16F3N3O4S. The molecule has 2 rings (SSSR count). The Bertz CT molecular complexity index is 779. The Labute approximate surface area is 151 Å². The third-order valence-electron chi connectivity index (χ3n) is 3.00. The van der Waals surface area contributed by atoms with Gasteiger partial charge in [-0.05, 0) is 31.3 Å². The van der Waals surface area contributed by atoms with Gasteiger partial charge >= 0.3 is 12.1 Å². The Hall–Kier alpha value is -2.56. The summed E-state index contributed by atoms with van der Waals surface area (Å²) < 4.78 is 51.8. The number of carbonyl (C=O) groups is 1. The molecule has 1 aromatic heterocycles. The molecule has 0 bridgehead atoms. The average molecular weight is 391 g/mol. The molecule has 2 aromatic rings. The van der Waals surface area contributed by atoms with Crippen LogP contribution in [0.1, 0.15) is 13.3 Å². The number of nitrogens with one attached hydrogen (secondary N) is 2. The Balaban J connectivity index is 2.03. The predicted octanol–water partition coefficient (Wildman–Crippen LogP) is 3.01. The van der Waals surface area contributed by atoms with E-state index in [4.69, 9.17) is 26.2 Å². The maximum Gasteiger partial charge on any atom is 0.422 e. The minimum absolute atomic E-state index is 0.0436. The van der Waals surface area contributed by atoms with Crippen LogP contribution in [0.5, 0.6) is 5.75 Å². The summed E-state index contributed by atoms with van der Waals surface area (Å²) in [6.45, 7) is 0.760. The molecule has 0 aliphatic heterocycles. The van der Waals surface area contributed by atoms with Crippen LogP contribution in [0.25, 0.3) is 11.0 Å². The molecule has 0 unspecified atom stereocenters. The van der Waals surface area contributed by atoms with Crippen LogP contribution in [0.4, 0.5) is 19.0 Å². The molecule has 26 heavy (non-hydrogen) atoms. The van der Waals surface area contributed by atoms with Gasteiger partial charge in [0.25, 0.3) is 0 Å². The van der Waals surface area contributed by atoms with Gasteiger partial charge in [-0.2, -0.15) is 13.2 Å². The lowest BCUT2D eigenvalue weighted by Crippen LogP contribution is -2.30. The van der Waals surface area contributed by atoms with Crippen LogP contribution in [0.3, 0.4) is 0 Å². The zero-order valence-electron chi connectivity index (χ0n) is 13.7. The van der Waals surface area contributed by atoms with Crippen molar-refractivity contribution in [3.63, 3.8) is 0 Å². The second kappa shape index (κ2) is 8.70. The minimum atomic E-state index is -4.48. The van der Waals surface area contributed by atoms with Gasteiger partial charge in [-0.3, -0.25) is 4.79 Å². The topological polar surface area (TPSA) is 85.6 Å². The highest BCUT2D eigenvalue weighted by Crippen LogP contribution is 2.33.